The smallest absolute Gasteiger partial charge is 0.222 e. The van der Waals surface area contributed by atoms with E-state index in [0.717, 1.165) is 25.1 Å². The number of rotatable bonds is 5. The van der Waals surface area contributed by atoms with Crippen molar-refractivity contribution in [2.75, 3.05) is 27.2 Å². The van der Waals surface area contributed by atoms with Crippen LogP contribution in [0.1, 0.15) is 32.3 Å². The number of likely N-dealkylation sites (tertiary alicyclic amines) is 1. The number of hydrogen-bond donors (Lipinski definition) is 1. The Bertz CT molecular complexity index is 441. The van der Waals surface area contributed by atoms with Gasteiger partial charge < -0.3 is 9.80 Å². The zero-order valence-corrected chi connectivity index (χ0v) is 13.0. The first-order chi connectivity index (χ1) is 9.41. The van der Waals surface area contributed by atoms with Gasteiger partial charge in [-0.1, -0.05) is 0 Å². The molecule has 0 bridgehead atoms. The van der Waals surface area contributed by atoms with Crippen molar-refractivity contribution in [2.24, 2.45) is 5.92 Å². The Balaban J connectivity index is 1.82. The monoisotopic (exact) mass is 278 g/mol. The number of carbonyl (C=O) groups excluding carboxylic acids is 1. The fraction of sp³-hybridized carbons (Fsp3) is 0.733. The first-order valence-electron chi connectivity index (χ1n) is 7.34. The maximum absolute atomic E-state index is 12.2. The second-order valence-electron chi connectivity index (χ2n) is 6.44. The Morgan fingerprint density at radius 2 is 2.35 bits per heavy atom. The molecule has 1 aliphatic rings. The second-order valence-corrected chi connectivity index (χ2v) is 6.44. The van der Waals surface area contributed by atoms with Crippen molar-refractivity contribution in [1.29, 1.82) is 0 Å². The van der Waals surface area contributed by atoms with Crippen molar-refractivity contribution < 1.29 is 4.79 Å². The van der Waals surface area contributed by atoms with Crippen LogP contribution in [-0.2, 0) is 11.2 Å². The Morgan fingerprint density at radius 3 is 2.90 bits per heavy atom. The van der Waals surface area contributed by atoms with Crippen molar-refractivity contribution in [3.8, 4) is 0 Å². The van der Waals surface area contributed by atoms with E-state index >= 15 is 0 Å². The summed E-state index contributed by atoms with van der Waals surface area (Å²) in [5.41, 5.74) is 1.27. The van der Waals surface area contributed by atoms with E-state index in [2.05, 4.69) is 36.0 Å². The molecule has 1 atom stereocenters. The highest BCUT2D eigenvalue weighted by Gasteiger charge is 2.39. The van der Waals surface area contributed by atoms with E-state index in [9.17, 15) is 4.79 Å². The summed E-state index contributed by atoms with van der Waals surface area (Å²) in [4.78, 5) is 16.5. The van der Waals surface area contributed by atoms with Crippen LogP contribution in [0.2, 0.25) is 0 Å². The van der Waals surface area contributed by atoms with Gasteiger partial charge >= 0.3 is 0 Å². The average molecular weight is 278 g/mol. The normalized spacial score (nSPS) is 22.1. The topological polar surface area (TPSA) is 52.2 Å². The van der Waals surface area contributed by atoms with Crippen LogP contribution in [0.25, 0.3) is 0 Å². The summed E-state index contributed by atoms with van der Waals surface area (Å²) >= 11 is 0. The van der Waals surface area contributed by atoms with E-state index in [1.54, 1.807) is 6.20 Å². The van der Waals surface area contributed by atoms with Gasteiger partial charge in [0.2, 0.25) is 5.91 Å². The molecule has 2 rings (SSSR count). The van der Waals surface area contributed by atoms with Gasteiger partial charge in [0, 0.05) is 31.7 Å². The van der Waals surface area contributed by atoms with E-state index in [1.807, 2.05) is 18.1 Å². The third kappa shape index (κ3) is 3.20. The van der Waals surface area contributed by atoms with Gasteiger partial charge in [-0.3, -0.25) is 9.89 Å². The fourth-order valence-electron chi connectivity index (χ4n) is 2.91. The number of carbonyl (C=O) groups is 1. The molecular formula is C15H26N4O. The van der Waals surface area contributed by atoms with E-state index in [-0.39, 0.29) is 11.4 Å². The number of nitrogens with one attached hydrogen (secondary N) is 1. The number of aromatic nitrogens is 2. The lowest BCUT2D eigenvalue weighted by Gasteiger charge is -2.35. The van der Waals surface area contributed by atoms with Crippen molar-refractivity contribution in [1.82, 2.24) is 20.0 Å². The average Bonchev–Trinajstić information content (AvgIpc) is 2.99. The molecule has 0 radical (unpaired) electrons. The highest BCUT2D eigenvalue weighted by atomic mass is 16.2. The molecule has 5 nitrogen and oxygen atoms in total. The number of amides is 1. The van der Waals surface area contributed by atoms with Gasteiger partial charge in [-0.2, -0.15) is 5.10 Å². The molecular weight excluding hydrogens is 252 g/mol. The predicted octanol–water partition coefficient (Wildman–Crippen LogP) is 1.53. The van der Waals surface area contributed by atoms with Gasteiger partial charge in [0.25, 0.3) is 0 Å². The van der Waals surface area contributed by atoms with Gasteiger partial charge in [0.15, 0.2) is 0 Å². The number of hydrogen-bond acceptors (Lipinski definition) is 3. The molecule has 0 spiro atoms. The van der Waals surface area contributed by atoms with Crippen LogP contribution >= 0.6 is 0 Å². The highest BCUT2D eigenvalue weighted by Crippen LogP contribution is 2.33. The standard InChI is InChI=1S/C15H26N4O/c1-15(2)13(7-8-19(15)4)11-18(3)14(20)6-5-12-9-16-17-10-12/h9-10,13H,5-8,11H2,1-4H3,(H,16,17)/t13-/m1/s1. The Kier molecular flexibility index (Phi) is 4.48. The van der Waals surface area contributed by atoms with Gasteiger partial charge in [-0.25, -0.2) is 0 Å². The zero-order chi connectivity index (χ0) is 14.8. The molecule has 1 aromatic rings. The summed E-state index contributed by atoms with van der Waals surface area (Å²) in [5, 5.41) is 6.68. The maximum Gasteiger partial charge on any atom is 0.222 e. The molecule has 1 aromatic heterocycles. The lowest BCUT2D eigenvalue weighted by Crippen LogP contribution is -2.44. The number of aryl methyl sites for hydroxylation is 1. The molecule has 1 amide bonds. The molecule has 5 heteroatoms. The quantitative estimate of drug-likeness (QED) is 0.888. The van der Waals surface area contributed by atoms with Crippen LogP contribution in [0.4, 0.5) is 0 Å². The Labute approximate surface area is 121 Å². The van der Waals surface area contributed by atoms with Gasteiger partial charge in [-0.15, -0.1) is 0 Å². The van der Waals surface area contributed by atoms with Crippen molar-refractivity contribution in [2.45, 2.75) is 38.6 Å². The van der Waals surface area contributed by atoms with Crippen molar-refractivity contribution in [3.63, 3.8) is 0 Å². The third-order valence-electron chi connectivity index (χ3n) is 4.90. The molecule has 0 aliphatic carbocycles. The maximum atomic E-state index is 12.2. The van der Waals surface area contributed by atoms with Crippen LogP contribution in [0.3, 0.4) is 0 Å². The Hall–Kier alpha value is -1.36. The molecule has 0 aromatic carbocycles. The third-order valence-corrected chi connectivity index (χ3v) is 4.90. The molecule has 1 saturated heterocycles. The Morgan fingerprint density at radius 1 is 1.60 bits per heavy atom. The van der Waals surface area contributed by atoms with Crippen LogP contribution in [0.15, 0.2) is 12.4 Å². The van der Waals surface area contributed by atoms with Crippen LogP contribution in [-0.4, -0.2) is 58.6 Å². The molecule has 20 heavy (non-hydrogen) atoms. The first-order valence-corrected chi connectivity index (χ1v) is 7.34. The molecule has 1 fully saturated rings. The van der Waals surface area contributed by atoms with Gasteiger partial charge in [0.05, 0.1) is 6.20 Å². The highest BCUT2D eigenvalue weighted by molar-refractivity contribution is 5.76. The minimum atomic E-state index is 0.180. The fourth-order valence-corrected chi connectivity index (χ4v) is 2.91. The lowest BCUT2D eigenvalue weighted by molar-refractivity contribution is -0.130. The van der Waals surface area contributed by atoms with Crippen molar-refractivity contribution >= 4 is 5.91 Å². The first kappa shape index (κ1) is 15.0. The van der Waals surface area contributed by atoms with Gasteiger partial charge in [-0.05, 0) is 51.8 Å². The SMILES string of the molecule is CN(C[C@H]1CCN(C)C1(C)C)C(=O)CCc1cn[nH]c1. The number of aromatic amines is 1. The molecule has 1 aliphatic heterocycles. The summed E-state index contributed by atoms with van der Waals surface area (Å²) < 4.78 is 0. The van der Waals surface area contributed by atoms with Gasteiger partial charge in [0.1, 0.15) is 0 Å². The lowest BCUT2D eigenvalue weighted by atomic mass is 9.88. The summed E-state index contributed by atoms with van der Waals surface area (Å²) in [6.07, 6.45) is 6.11. The molecule has 2 heterocycles. The largest absolute Gasteiger partial charge is 0.345 e. The number of nitrogens with zero attached hydrogens (tertiary/aromatic N) is 3. The minimum Gasteiger partial charge on any atom is -0.345 e. The van der Waals surface area contributed by atoms with E-state index < -0.39 is 0 Å². The molecule has 112 valence electrons. The second kappa shape index (κ2) is 5.95. The molecule has 1 N–H and O–H groups in total. The zero-order valence-electron chi connectivity index (χ0n) is 13.0. The summed E-state index contributed by atoms with van der Waals surface area (Å²) in [5.74, 6) is 0.770. The summed E-state index contributed by atoms with van der Waals surface area (Å²) in [6, 6.07) is 0. The molecule has 0 saturated carbocycles. The van der Waals surface area contributed by atoms with E-state index in [1.165, 1.54) is 6.42 Å². The molecule has 0 unspecified atom stereocenters. The van der Waals surface area contributed by atoms with E-state index in [0.29, 0.717) is 12.3 Å². The van der Waals surface area contributed by atoms with Crippen molar-refractivity contribution in [3.05, 3.63) is 18.0 Å². The van der Waals surface area contributed by atoms with E-state index in [4.69, 9.17) is 0 Å². The van der Waals surface area contributed by atoms with Crippen LogP contribution in [0, 0.1) is 5.92 Å². The predicted molar refractivity (Wildman–Crippen MR) is 79.4 cm³/mol. The summed E-state index contributed by atoms with van der Waals surface area (Å²) in [6.45, 7) is 6.51. The minimum absolute atomic E-state index is 0.180. The van der Waals surface area contributed by atoms with Crippen LogP contribution in [0.5, 0.6) is 0 Å². The number of H-pyrrole nitrogens is 1. The van der Waals surface area contributed by atoms with Crippen LogP contribution < -0.4 is 0 Å². The summed E-state index contributed by atoms with van der Waals surface area (Å²) in [7, 11) is 4.09.